The summed E-state index contributed by atoms with van der Waals surface area (Å²) in [5.74, 6) is 0.334. The Morgan fingerprint density at radius 3 is 2.08 bits per heavy atom. The summed E-state index contributed by atoms with van der Waals surface area (Å²) in [5.41, 5.74) is 1.64. The van der Waals surface area contributed by atoms with Gasteiger partial charge in [0.05, 0.1) is 28.0 Å². The molecule has 0 spiro atoms. The molecule has 1 heterocycles. The van der Waals surface area contributed by atoms with Gasteiger partial charge in [-0.3, -0.25) is 4.79 Å². The van der Waals surface area contributed by atoms with E-state index in [1.165, 1.54) is 0 Å². The Morgan fingerprint density at radius 1 is 1.08 bits per heavy atom. The predicted octanol–water partition coefficient (Wildman–Crippen LogP) is 3.20. The summed E-state index contributed by atoms with van der Waals surface area (Å²) in [5, 5.41) is 2.99. The molecule has 1 amide bonds. The Bertz CT molecular complexity index is 814. The van der Waals surface area contributed by atoms with Crippen LogP contribution in [-0.2, 0) is 14.6 Å². The van der Waals surface area contributed by atoms with Gasteiger partial charge in [-0.25, -0.2) is 8.42 Å². The minimum atomic E-state index is -3.04. The summed E-state index contributed by atoms with van der Waals surface area (Å²) in [6.07, 6.45) is 0.479. The maximum atomic E-state index is 12.5. The Labute approximate surface area is 159 Å². The van der Waals surface area contributed by atoms with Crippen LogP contribution in [0.3, 0.4) is 0 Å². The van der Waals surface area contributed by atoms with Crippen LogP contribution in [0, 0.1) is 0 Å². The summed E-state index contributed by atoms with van der Waals surface area (Å²) in [6.45, 7) is 1.81. The normalized spacial score (nSPS) is 21.6. The van der Waals surface area contributed by atoms with Crippen LogP contribution >= 0.6 is 11.8 Å². The van der Waals surface area contributed by atoms with E-state index in [1.54, 1.807) is 11.8 Å². The van der Waals surface area contributed by atoms with E-state index >= 15 is 0 Å². The van der Waals surface area contributed by atoms with Crippen LogP contribution in [-0.4, -0.2) is 37.1 Å². The molecular weight excluding hydrogens is 366 g/mol. The number of thioether (sulfide) groups is 1. The van der Waals surface area contributed by atoms with Crippen molar-refractivity contribution in [2.24, 2.45) is 0 Å². The average molecular weight is 390 g/mol. The standard InChI is InChI=1S/C20H23NO3S2/c1-20(12-13-26(23,24)15-20)21-18(22)14-25-19(16-8-4-2-5-9-16)17-10-6-3-7-11-17/h2-11,19H,12-15H2,1H3,(H,21,22)/t20-/m1/s1. The second-order valence-electron chi connectivity index (χ2n) is 6.96. The van der Waals surface area contributed by atoms with Gasteiger partial charge in [0.15, 0.2) is 9.84 Å². The topological polar surface area (TPSA) is 63.2 Å². The molecule has 1 N–H and O–H groups in total. The zero-order valence-electron chi connectivity index (χ0n) is 14.7. The van der Waals surface area contributed by atoms with E-state index < -0.39 is 15.4 Å². The van der Waals surface area contributed by atoms with Crippen molar-refractivity contribution in [3.05, 3.63) is 71.8 Å². The molecule has 1 fully saturated rings. The molecule has 4 nitrogen and oxygen atoms in total. The number of carbonyl (C=O) groups is 1. The second-order valence-corrected chi connectivity index (χ2v) is 10.2. The van der Waals surface area contributed by atoms with Gasteiger partial charge in [0, 0.05) is 0 Å². The molecule has 0 unspecified atom stereocenters. The van der Waals surface area contributed by atoms with Crippen molar-refractivity contribution >= 4 is 27.5 Å². The molecule has 0 aromatic heterocycles. The lowest BCUT2D eigenvalue weighted by Gasteiger charge is -2.24. The lowest BCUT2D eigenvalue weighted by molar-refractivity contribution is -0.120. The Kier molecular flexibility index (Phi) is 5.73. The highest BCUT2D eigenvalue weighted by molar-refractivity contribution is 8.00. The number of hydrogen-bond donors (Lipinski definition) is 1. The zero-order valence-corrected chi connectivity index (χ0v) is 16.4. The number of amides is 1. The number of nitrogens with one attached hydrogen (secondary N) is 1. The summed E-state index contributed by atoms with van der Waals surface area (Å²) in [4.78, 5) is 12.5. The summed E-state index contributed by atoms with van der Waals surface area (Å²) in [6, 6.07) is 20.2. The molecule has 26 heavy (non-hydrogen) atoms. The van der Waals surface area contributed by atoms with Crippen molar-refractivity contribution in [1.82, 2.24) is 5.32 Å². The number of rotatable bonds is 6. The third kappa shape index (κ3) is 4.89. The van der Waals surface area contributed by atoms with Crippen molar-refractivity contribution in [3.63, 3.8) is 0 Å². The van der Waals surface area contributed by atoms with Gasteiger partial charge in [-0.1, -0.05) is 60.7 Å². The number of hydrogen-bond acceptors (Lipinski definition) is 4. The van der Waals surface area contributed by atoms with E-state index in [9.17, 15) is 13.2 Å². The monoisotopic (exact) mass is 389 g/mol. The van der Waals surface area contributed by atoms with Gasteiger partial charge in [-0.2, -0.15) is 0 Å². The SMILES string of the molecule is C[C@@]1(NC(=O)CSC(c2ccccc2)c2ccccc2)CCS(=O)(=O)C1. The first kappa shape index (κ1) is 19.0. The Hall–Kier alpha value is -1.79. The fourth-order valence-electron chi connectivity index (χ4n) is 3.28. The van der Waals surface area contributed by atoms with E-state index in [0.717, 1.165) is 11.1 Å². The quantitative estimate of drug-likeness (QED) is 0.824. The number of sulfone groups is 1. The fourth-order valence-corrected chi connectivity index (χ4v) is 6.46. The molecule has 1 aliphatic rings. The molecule has 0 aliphatic carbocycles. The predicted molar refractivity (Wildman–Crippen MR) is 107 cm³/mol. The zero-order chi connectivity index (χ0) is 18.6. The molecule has 0 saturated carbocycles. The highest BCUT2D eigenvalue weighted by Crippen LogP contribution is 2.35. The van der Waals surface area contributed by atoms with E-state index in [-0.39, 0.29) is 28.4 Å². The summed E-state index contributed by atoms with van der Waals surface area (Å²) >= 11 is 1.56. The first-order valence-electron chi connectivity index (χ1n) is 8.60. The van der Waals surface area contributed by atoms with Crippen LogP contribution in [0.2, 0.25) is 0 Å². The van der Waals surface area contributed by atoms with Crippen LogP contribution in [0.25, 0.3) is 0 Å². The molecule has 2 aromatic rings. The average Bonchev–Trinajstić information content (AvgIpc) is 2.89. The minimum absolute atomic E-state index is 0.0250. The third-order valence-corrected chi connectivity index (χ3v) is 7.74. The molecule has 2 aromatic carbocycles. The van der Waals surface area contributed by atoms with Gasteiger partial charge in [-0.05, 0) is 24.5 Å². The number of benzene rings is 2. The Morgan fingerprint density at radius 2 is 1.62 bits per heavy atom. The molecule has 1 atom stereocenters. The van der Waals surface area contributed by atoms with Crippen molar-refractivity contribution in [2.75, 3.05) is 17.3 Å². The molecule has 0 radical (unpaired) electrons. The Balaban J connectivity index is 1.68. The van der Waals surface area contributed by atoms with Crippen LogP contribution in [0.4, 0.5) is 0 Å². The van der Waals surface area contributed by atoms with E-state index in [0.29, 0.717) is 6.42 Å². The lowest BCUT2D eigenvalue weighted by Crippen LogP contribution is -2.47. The van der Waals surface area contributed by atoms with Crippen molar-refractivity contribution < 1.29 is 13.2 Å². The highest BCUT2D eigenvalue weighted by Gasteiger charge is 2.39. The molecule has 1 saturated heterocycles. The van der Waals surface area contributed by atoms with E-state index in [1.807, 2.05) is 43.3 Å². The maximum Gasteiger partial charge on any atom is 0.230 e. The highest BCUT2D eigenvalue weighted by atomic mass is 32.2. The van der Waals surface area contributed by atoms with Crippen molar-refractivity contribution in [2.45, 2.75) is 24.1 Å². The largest absolute Gasteiger partial charge is 0.349 e. The third-order valence-electron chi connectivity index (χ3n) is 4.53. The molecule has 3 rings (SSSR count). The van der Waals surface area contributed by atoms with Crippen molar-refractivity contribution in [3.8, 4) is 0 Å². The summed E-state index contributed by atoms with van der Waals surface area (Å²) < 4.78 is 23.4. The van der Waals surface area contributed by atoms with Crippen LogP contribution in [0.15, 0.2) is 60.7 Å². The molecule has 138 valence electrons. The van der Waals surface area contributed by atoms with Gasteiger partial charge >= 0.3 is 0 Å². The first-order valence-corrected chi connectivity index (χ1v) is 11.5. The van der Waals surface area contributed by atoms with Crippen LogP contribution in [0.1, 0.15) is 29.7 Å². The maximum absolute atomic E-state index is 12.5. The molecule has 6 heteroatoms. The second kappa shape index (κ2) is 7.84. The van der Waals surface area contributed by atoms with Gasteiger partial charge in [0.2, 0.25) is 5.91 Å². The minimum Gasteiger partial charge on any atom is -0.349 e. The van der Waals surface area contributed by atoms with Crippen LogP contribution in [0.5, 0.6) is 0 Å². The van der Waals surface area contributed by atoms with Gasteiger partial charge < -0.3 is 5.32 Å². The van der Waals surface area contributed by atoms with E-state index in [4.69, 9.17) is 0 Å². The summed E-state index contributed by atoms with van der Waals surface area (Å²) in [7, 11) is -3.04. The molecular formula is C20H23NO3S2. The van der Waals surface area contributed by atoms with Crippen molar-refractivity contribution in [1.29, 1.82) is 0 Å². The molecule has 0 bridgehead atoms. The van der Waals surface area contributed by atoms with Gasteiger partial charge in [0.25, 0.3) is 0 Å². The van der Waals surface area contributed by atoms with Gasteiger partial charge in [0.1, 0.15) is 0 Å². The van der Waals surface area contributed by atoms with E-state index in [2.05, 4.69) is 29.6 Å². The molecule has 1 aliphatic heterocycles. The smallest absolute Gasteiger partial charge is 0.230 e. The fraction of sp³-hybridized carbons (Fsp3) is 0.350. The lowest BCUT2D eigenvalue weighted by atomic mass is 10.0. The first-order chi connectivity index (χ1) is 12.4. The van der Waals surface area contributed by atoms with Gasteiger partial charge in [-0.15, -0.1) is 11.8 Å². The van der Waals surface area contributed by atoms with Crippen LogP contribution < -0.4 is 5.32 Å². The number of carbonyl (C=O) groups excluding carboxylic acids is 1.